The summed E-state index contributed by atoms with van der Waals surface area (Å²) in [5, 5.41) is 12.9. The molecule has 0 bridgehead atoms. The van der Waals surface area contributed by atoms with Gasteiger partial charge in [-0.25, -0.2) is 4.79 Å². The van der Waals surface area contributed by atoms with Gasteiger partial charge in [-0.2, -0.15) is 0 Å². The second-order valence-corrected chi connectivity index (χ2v) is 4.61. The zero-order chi connectivity index (χ0) is 13.8. The van der Waals surface area contributed by atoms with Gasteiger partial charge in [-0.15, -0.1) is 0 Å². The first-order valence-corrected chi connectivity index (χ1v) is 5.97. The zero-order valence-electron chi connectivity index (χ0n) is 11.0. The third-order valence-corrected chi connectivity index (χ3v) is 2.74. The van der Waals surface area contributed by atoms with Crippen LogP contribution in [0.4, 0.5) is 0 Å². The van der Waals surface area contributed by atoms with E-state index in [1.54, 1.807) is 18.2 Å². The second kappa shape index (κ2) is 5.67. The van der Waals surface area contributed by atoms with Crippen molar-refractivity contribution in [3.63, 3.8) is 0 Å². The molecule has 1 aromatic carbocycles. The Morgan fingerprint density at radius 2 is 2.16 bits per heavy atom. The second-order valence-electron chi connectivity index (χ2n) is 4.61. The van der Waals surface area contributed by atoms with Gasteiger partial charge in [-0.3, -0.25) is 4.90 Å². The molecule has 100 valence electrons. The van der Waals surface area contributed by atoms with Gasteiger partial charge >= 0.3 is 5.97 Å². The molecule has 5 heteroatoms. The molecular weight excluding hydrogens is 244 g/mol. The van der Waals surface area contributed by atoms with E-state index in [9.17, 15) is 4.79 Å². The van der Waals surface area contributed by atoms with Gasteiger partial charge in [0.1, 0.15) is 5.76 Å². The summed E-state index contributed by atoms with van der Waals surface area (Å²) in [6.45, 7) is 3.18. The molecule has 0 amide bonds. The van der Waals surface area contributed by atoms with Crippen LogP contribution in [0, 0.1) is 6.92 Å². The lowest BCUT2D eigenvalue weighted by Crippen LogP contribution is -2.17. The number of aromatic carboxylic acids is 1. The number of carboxylic acid groups (broad SMARTS) is 1. The monoisotopic (exact) mass is 260 g/mol. The summed E-state index contributed by atoms with van der Waals surface area (Å²) < 4.78 is 5.01. The van der Waals surface area contributed by atoms with Crippen molar-refractivity contribution in [2.45, 2.75) is 20.0 Å². The molecule has 1 heterocycles. The van der Waals surface area contributed by atoms with Crippen molar-refractivity contribution in [3.05, 3.63) is 52.9 Å². The summed E-state index contributed by atoms with van der Waals surface area (Å²) in [5.74, 6) is -0.118. The van der Waals surface area contributed by atoms with Gasteiger partial charge in [0.05, 0.1) is 11.3 Å². The molecule has 2 aromatic rings. The fourth-order valence-corrected chi connectivity index (χ4v) is 1.94. The van der Waals surface area contributed by atoms with E-state index in [1.807, 2.05) is 26.1 Å². The molecule has 0 radical (unpaired) electrons. The van der Waals surface area contributed by atoms with E-state index in [0.29, 0.717) is 18.7 Å². The van der Waals surface area contributed by atoms with Crippen molar-refractivity contribution >= 4 is 5.97 Å². The predicted molar refractivity (Wildman–Crippen MR) is 69.8 cm³/mol. The Morgan fingerprint density at radius 3 is 2.79 bits per heavy atom. The van der Waals surface area contributed by atoms with Crippen LogP contribution in [0.2, 0.25) is 0 Å². The number of aromatic nitrogens is 1. The fraction of sp³-hybridized carbons (Fsp3) is 0.286. The van der Waals surface area contributed by atoms with E-state index < -0.39 is 5.97 Å². The van der Waals surface area contributed by atoms with E-state index in [-0.39, 0.29) is 0 Å². The number of aryl methyl sites for hydroxylation is 1. The molecular formula is C14H16N2O3. The van der Waals surface area contributed by atoms with Crippen LogP contribution in [0.5, 0.6) is 0 Å². The molecule has 0 saturated carbocycles. The minimum absolute atomic E-state index is 0.309. The lowest BCUT2D eigenvalue weighted by molar-refractivity contribution is 0.0696. The minimum Gasteiger partial charge on any atom is -0.478 e. The highest BCUT2D eigenvalue weighted by Crippen LogP contribution is 2.10. The summed E-state index contributed by atoms with van der Waals surface area (Å²) >= 11 is 0. The van der Waals surface area contributed by atoms with E-state index >= 15 is 0 Å². The van der Waals surface area contributed by atoms with Gasteiger partial charge < -0.3 is 9.63 Å². The van der Waals surface area contributed by atoms with Gasteiger partial charge in [0.2, 0.25) is 0 Å². The Bertz CT molecular complexity index is 578. The topological polar surface area (TPSA) is 66.6 Å². The lowest BCUT2D eigenvalue weighted by atomic mass is 10.1. The van der Waals surface area contributed by atoms with Crippen LogP contribution in [0.25, 0.3) is 0 Å². The molecule has 0 fully saturated rings. The molecule has 5 nitrogen and oxygen atoms in total. The van der Waals surface area contributed by atoms with Crippen LogP contribution in [-0.4, -0.2) is 28.2 Å². The molecule has 0 atom stereocenters. The highest BCUT2D eigenvalue weighted by Gasteiger charge is 2.08. The number of benzene rings is 1. The summed E-state index contributed by atoms with van der Waals surface area (Å²) in [6.07, 6.45) is 0. The van der Waals surface area contributed by atoms with E-state index in [0.717, 1.165) is 17.0 Å². The number of hydrogen-bond acceptors (Lipinski definition) is 4. The first-order valence-electron chi connectivity index (χ1n) is 5.97. The van der Waals surface area contributed by atoms with Crippen molar-refractivity contribution in [1.29, 1.82) is 0 Å². The molecule has 1 N–H and O–H groups in total. The smallest absolute Gasteiger partial charge is 0.335 e. The maximum Gasteiger partial charge on any atom is 0.335 e. The minimum atomic E-state index is -0.906. The lowest BCUT2D eigenvalue weighted by Gasteiger charge is -2.15. The zero-order valence-corrected chi connectivity index (χ0v) is 11.0. The van der Waals surface area contributed by atoms with Crippen LogP contribution in [0.15, 0.2) is 34.9 Å². The molecule has 0 aliphatic rings. The first kappa shape index (κ1) is 13.3. The Kier molecular flexibility index (Phi) is 3.97. The van der Waals surface area contributed by atoms with E-state index in [4.69, 9.17) is 9.63 Å². The Morgan fingerprint density at radius 1 is 1.37 bits per heavy atom. The molecule has 1 aromatic heterocycles. The fourth-order valence-electron chi connectivity index (χ4n) is 1.94. The van der Waals surface area contributed by atoms with Gasteiger partial charge in [0.15, 0.2) is 0 Å². The van der Waals surface area contributed by atoms with Crippen LogP contribution in [0.1, 0.15) is 27.4 Å². The Hall–Kier alpha value is -2.14. The SMILES string of the molecule is Cc1cc(CN(C)Cc2cccc(C(=O)O)c2)no1. The first-order chi connectivity index (χ1) is 9.04. The van der Waals surface area contributed by atoms with E-state index in [2.05, 4.69) is 10.1 Å². The molecule has 0 saturated heterocycles. The number of nitrogens with zero attached hydrogens (tertiary/aromatic N) is 2. The van der Waals surface area contributed by atoms with Crippen LogP contribution >= 0.6 is 0 Å². The summed E-state index contributed by atoms with van der Waals surface area (Å²) in [4.78, 5) is 13.0. The largest absolute Gasteiger partial charge is 0.478 e. The molecule has 2 rings (SSSR count). The van der Waals surface area contributed by atoms with E-state index in [1.165, 1.54) is 0 Å². The Balaban J connectivity index is 2.00. The normalized spacial score (nSPS) is 10.9. The van der Waals surface area contributed by atoms with Crippen molar-refractivity contribution in [1.82, 2.24) is 10.1 Å². The maximum absolute atomic E-state index is 10.9. The number of carbonyl (C=O) groups is 1. The van der Waals surface area contributed by atoms with Gasteiger partial charge in [-0.1, -0.05) is 17.3 Å². The van der Waals surface area contributed by atoms with Gasteiger partial charge in [0, 0.05) is 19.2 Å². The average molecular weight is 260 g/mol. The quantitative estimate of drug-likeness (QED) is 0.893. The van der Waals surface area contributed by atoms with Crippen LogP contribution in [-0.2, 0) is 13.1 Å². The molecule has 0 aliphatic carbocycles. The van der Waals surface area contributed by atoms with Crippen LogP contribution in [0.3, 0.4) is 0 Å². The molecule has 0 aliphatic heterocycles. The van der Waals surface area contributed by atoms with Crippen molar-refractivity contribution < 1.29 is 14.4 Å². The third-order valence-electron chi connectivity index (χ3n) is 2.74. The Labute approximate surface area is 111 Å². The predicted octanol–water partition coefficient (Wildman–Crippen LogP) is 2.31. The van der Waals surface area contributed by atoms with Crippen molar-refractivity contribution in [3.8, 4) is 0 Å². The molecule has 19 heavy (non-hydrogen) atoms. The maximum atomic E-state index is 10.9. The van der Waals surface area contributed by atoms with Crippen molar-refractivity contribution in [2.75, 3.05) is 7.05 Å². The number of rotatable bonds is 5. The summed E-state index contributed by atoms with van der Waals surface area (Å²) in [7, 11) is 1.96. The standard InChI is InChI=1S/C14H16N2O3/c1-10-6-13(15-19-10)9-16(2)8-11-4-3-5-12(7-11)14(17)18/h3-7H,8-9H2,1-2H3,(H,17,18). The highest BCUT2D eigenvalue weighted by atomic mass is 16.5. The number of hydrogen-bond donors (Lipinski definition) is 1. The third kappa shape index (κ3) is 3.66. The molecule has 0 spiro atoms. The van der Waals surface area contributed by atoms with Gasteiger partial charge in [0.25, 0.3) is 0 Å². The summed E-state index contributed by atoms with van der Waals surface area (Å²) in [6, 6.07) is 8.84. The number of carboxylic acids is 1. The molecule has 0 unspecified atom stereocenters. The van der Waals surface area contributed by atoms with Crippen LogP contribution < -0.4 is 0 Å². The summed E-state index contributed by atoms with van der Waals surface area (Å²) in [5.41, 5.74) is 2.14. The van der Waals surface area contributed by atoms with Crippen molar-refractivity contribution in [2.24, 2.45) is 0 Å². The highest BCUT2D eigenvalue weighted by molar-refractivity contribution is 5.87. The average Bonchev–Trinajstić information content (AvgIpc) is 2.74. The van der Waals surface area contributed by atoms with Gasteiger partial charge in [-0.05, 0) is 31.7 Å².